The fraction of sp³-hybridized carbons (Fsp3) is 0.500. The van der Waals surface area contributed by atoms with Crippen LogP contribution in [0.5, 0.6) is 0 Å². The second-order valence-corrected chi connectivity index (χ2v) is 3.89. The molecule has 0 spiro atoms. The summed E-state index contributed by atoms with van der Waals surface area (Å²) in [7, 11) is 0. The number of hydrogen-bond acceptors (Lipinski definition) is 2. The molecule has 1 heterocycles. The van der Waals surface area contributed by atoms with Crippen molar-refractivity contribution in [1.29, 1.82) is 0 Å². The van der Waals surface area contributed by atoms with Gasteiger partial charge in [0.15, 0.2) is 0 Å². The highest BCUT2D eigenvalue weighted by Gasteiger charge is 2.14. The van der Waals surface area contributed by atoms with Crippen molar-refractivity contribution in [3.8, 4) is 0 Å². The van der Waals surface area contributed by atoms with E-state index in [1.54, 1.807) is 12.1 Å². The molecule has 1 aliphatic rings. The Hall–Kier alpha value is -0.930. The van der Waals surface area contributed by atoms with Crippen LogP contribution in [0.15, 0.2) is 24.3 Å². The Morgan fingerprint density at radius 2 is 2.13 bits per heavy atom. The van der Waals surface area contributed by atoms with E-state index in [1.165, 1.54) is 18.6 Å². The maximum absolute atomic E-state index is 12.6. The third-order valence-corrected chi connectivity index (χ3v) is 2.64. The van der Waals surface area contributed by atoms with Crippen LogP contribution in [0.4, 0.5) is 4.39 Å². The van der Waals surface area contributed by atoms with Crippen LogP contribution in [0.2, 0.25) is 0 Å². The Bertz CT molecular complexity index is 293. The summed E-state index contributed by atoms with van der Waals surface area (Å²) < 4.78 is 18.1. The smallest absolute Gasteiger partial charge is 0.123 e. The van der Waals surface area contributed by atoms with Crippen molar-refractivity contribution in [3.63, 3.8) is 0 Å². The summed E-state index contributed by atoms with van der Waals surface area (Å²) in [6, 6.07) is 6.59. The number of hydrogen-bond donors (Lipinski definition) is 1. The van der Waals surface area contributed by atoms with Gasteiger partial charge in [0.05, 0.1) is 6.10 Å². The van der Waals surface area contributed by atoms with E-state index in [0.717, 1.165) is 31.7 Å². The minimum absolute atomic E-state index is 0.183. The van der Waals surface area contributed by atoms with E-state index in [1.807, 2.05) is 0 Å². The summed E-state index contributed by atoms with van der Waals surface area (Å²) in [5.41, 5.74) is 1.11. The topological polar surface area (TPSA) is 21.3 Å². The Kier molecular flexibility index (Phi) is 3.69. The monoisotopic (exact) mass is 209 g/mol. The molecule has 0 bridgehead atoms. The lowest BCUT2D eigenvalue weighted by molar-refractivity contribution is 0.110. The average molecular weight is 209 g/mol. The normalized spacial score (nSPS) is 20.7. The van der Waals surface area contributed by atoms with Gasteiger partial charge in [-0.05, 0) is 30.5 Å². The zero-order chi connectivity index (χ0) is 10.5. The summed E-state index contributed by atoms with van der Waals surface area (Å²) in [4.78, 5) is 0. The van der Waals surface area contributed by atoms with Gasteiger partial charge in [-0.3, -0.25) is 0 Å². The minimum Gasteiger partial charge on any atom is -0.377 e. The molecule has 0 radical (unpaired) electrons. The van der Waals surface area contributed by atoms with Gasteiger partial charge >= 0.3 is 0 Å². The Morgan fingerprint density at radius 3 is 2.80 bits per heavy atom. The average Bonchev–Trinajstić information content (AvgIpc) is 2.74. The van der Waals surface area contributed by atoms with Gasteiger partial charge in [-0.2, -0.15) is 0 Å². The van der Waals surface area contributed by atoms with Crippen molar-refractivity contribution in [1.82, 2.24) is 5.32 Å². The van der Waals surface area contributed by atoms with Gasteiger partial charge in [0.25, 0.3) is 0 Å². The number of halogens is 1. The van der Waals surface area contributed by atoms with E-state index < -0.39 is 0 Å². The predicted molar refractivity (Wildman–Crippen MR) is 57.1 cm³/mol. The molecule has 1 N–H and O–H groups in total. The van der Waals surface area contributed by atoms with Gasteiger partial charge in [-0.25, -0.2) is 4.39 Å². The first-order valence-corrected chi connectivity index (χ1v) is 5.41. The lowest BCUT2D eigenvalue weighted by atomic mass is 10.2. The lowest BCUT2D eigenvalue weighted by Crippen LogP contribution is -2.25. The van der Waals surface area contributed by atoms with Crippen molar-refractivity contribution in [2.24, 2.45) is 0 Å². The fourth-order valence-corrected chi connectivity index (χ4v) is 1.79. The quantitative estimate of drug-likeness (QED) is 0.820. The molecule has 1 aromatic carbocycles. The molecule has 3 heteroatoms. The molecule has 1 atom stereocenters. The Morgan fingerprint density at radius 1 is 1.33 bits per heavy atom. The molecule has 1 aliphatic heterocycles. The van der Waals surface area contributed by atoms with Gasteiger partial charge in [0.1, 0.15) is 5.82 Å². The number of benzene rings is 1. The van der Waals surface area contributed by atoms with Gasteiger partial charge in [-0.1, -0.05) is 12.1 Å². The van der Waals surface area contributed by atoms with E-state index >= 15 is 0 Å². The molecule has 0 aliphatic carbocycles. The first-order chi connectivity index (χ1) is 7.34. The van der Waals surface area contributed by atoms with Crippen molar-refractivity contribution >= 4 is 0 Å². The van der Waals surface area contributed by atoms with Crippen molar-refractivity contribution < 1.29 is 9.13 Å². The van der Waals surface area contributed by atoms with Gasteiger partial charge in [0.2, 0.25) is 0 Å². The van der Waals surface area contributed by atoms with Crippen LogP contribution >= 0.6 is 0 Å². The SMILES string of the molecule is Fc1ccc(CNCC2CCCO2)cc1. The Labute approximate surface area is 89.4 Å². The zero-order valence-corrected chi connectivity index (χ0v) is 8.71. The highest BCUT2D eigenvalue weighted by molar-refractivity contribution is 5.15. The van der Waals surface area contributed by atoms with Crippen LogP contribution in [-0.2, 0) is 11.3 Å². The van der Waals surface area contributed by atoms with Crippen molar-refractivity contribution in [3.05, 3.63) is 35.6 Å². The van der Waals surface area contributed by atoms with E-state index in [9.17, 15) is 4.39 Å². The van der Waals surface area contributed by atoms with Crippen LogP contribution in [0, 0.1) is 5.82 Å². The van der Waals surface area contributed by atoms with Crippen molar-refractivity contribution in [2.75, 3.05) is 13.2 Å². The van der Waals surface area contributed by atoms with Crippen LogP contribution in [0.1, 0.15) is 18.4 Å². The van der Waals surface area contributed by atoms with Crippen LogP contribution in [0.3, 0.4) is 0 Å². The molecule has 0 amide bonds. The van der Waals surface area contributed by atoms with E-state index in [0.29, 0.717) is 6.10 Å². The molecular weight excluding hydrogens is 193 g/mol. The van der Waals surface area contributed by atoms with E-state index in [2.05, 4.69) is 5.32 Å². The third kappa shape index (κ3) is 3.29. The highest BCUT2D eigenvalue weighted by Crippen LogP contribution is 2.10. The van der Waals surface area contributed by atoms with Crippen LogP contribution in [0.25, 0.3) is 0 Å². The molecule has 82 valence electrons. The van der Waals surface area contributed by atoms with Gasteiger partial charge < -0.3 is 10.1 Å². The largest absolute Gasteiger partial charge is 0.377 e. The molecule has 15 heavy (non-hydrogen) atoms. The maximum atomic E-state index is 12.6. The van der Waals surface area contributed by atoms with Crippen LogP contribution < -0.4 is 5.32 Å². The summed E-state index contributed by atoms with van der Waals surface area (Å²) >= 11 is 0. The number of nitrogens with one attached hydrogen (secondary N) is 1. The fourth-order valence-electron chi connectivity index (χ4n) is 1.79. The zero-order valence-electron chi connectivity index (χ0n) is 8.71. The first kappa shape index (κ1) is 10.6. The second-order valence-electron chi connectivity index (χ2n) is 3.89. The van der Waals surface area contributed by atoms with E-state index in [4.69, 9.17) is 4.74 Å². The molecule has 2 rings (SSSR count). The molecule has 0 aromatic heterocycles. The number of ether oxygens (including phenoxy) is 1. The Balaban J connectivity index is 1.71. The molecule has 1 unspecified atom stereocenters. The van der Waals surface area contributed by atoms with Gasteiger partial charge in [0, 0.05) is 19.7 Å². The summed E-state index contributed by atoms with van der Waals surface area (Å²) in [5.74, 6) is -0.183. The van der Waals surface area contributed by atoms with Crippen molar-refractivity contribution in [2.45, 2.75) is 25.5 Å². The molecule has 1 aromatic rings. The lowest BCUT2D eigenvalue weighted by Gasteiger charge is -2.10. The molecule has 1 saturated heterocycles. The van der Waals surface area contributed by atoms with Crippen LogP contribution in [-0.4, -0.2) is 19.3 Å². The summed E-state index contributed by atoms with van der Waals surface area (Å²) in [5, 5.41) is 3.32. The van der Waals surface area contributed by atoms with Gasteiger partial charge in [-0.15, -0.1) is 0 Å². The molecule has 0 saturated carbocycles. The maximum Gasteiger partial charge on any atom is 0.123 e. The molecule has 1 fully saturated rings. The summed E-state index contributed by atoms with van der Waals surface area (Å²) in [6.07, 6.45) is 2.68. The molecular formula is C12H16FNO. The molecule has 2 nitrogen and oxygen atoms in total. The predicted octanol–water partition coefficient (Wildman–Crippen LogP) is 2.09. The minimum atomic E-state index is -0.183. The first-order valence-electron chi connectivity index (χ1n) is 5.41. The standard InChI is InChI=1S/C12H16FNO/c13-11-5-3-10(4-6-11)8-14-9-12-2-1-7-15-12/h3-6,12,14H,1-2,7-9H2. The number of rotatable bonds is 4. The third-order valence-electron chi connectivity index (χ3n) is 2.64. The second kappa shape index (κ2) is 5.24. The highest BCUT2D eigenvalue weighted by atomic mass is 19.1. The van der Waals surface area contributed by atoms with E-state index in [-0.39, 0.29) is 5.82 Å². The summed E-state index contributed by atoms with van der Waals surface area (Å²) in [6.45, 7) is 2.56.